The van der Waals surface area contributed by atoms with Crippen LogP contribution >= 0.6 is 0 Å². The summed E-state index contributed by atoms with van der Waals surface area (Å²) in [6.45, 7) is 10.1. The van der Waals surface area contributed by atoms with Crippen molar-refractivity contribution in [3.8, 4) is 0 Å². The van der Waals surface area contributed by atoms with Gasteiger partial charge in [0, 0.05) is 51.8 Å². The largest absolute Gasteiger partial charge is 0.465 e. The zero-order valence-corrected chi connectivity index (χ0v) is 16.6. The molecule has 0 aliphatic carbocycles. The minimum absolute atomic E-state index is 0.186. The fourth-order valence-electron chi connectivity index (χ4n) is 4.54. The molecule has 0 amide bonds. The van der Waals surface area contributed by atoms with Crippen LogP contribution in [-0.4, -0.2) is 82.0 Å². The van der Waals surface area contributed by atoms with Crippen LogP contribution < -0.4 is 5.32 Å². The van der Waals surface area contributed by atoms with Gasteiger partial charge in [0.15, 0.2) is 5.96 Å². The molecule has 3 saturated heterocycles. The van der Waals surface area contributed by atoms with E-state index in [9.17, 15) is 0 Å². The van der Waals surface area contributed by atoms with Crippen LogP contribution in [0, 0.1) is 12.3 Å². The van der Waals surface area contributed by atoms with Crippen LogP contribution in [0.4, 0.5) is 0 Å². The Morgan fingerprint density at radius 2 is 2.04 bits per heavy atom. The third-order valence-electron chi connectivity index (χ3n) is 6.16. The highest BCUT2D eigenvalue weighted by Gasteiger charge is 2.42. The van der Waals surface area contributed by atoms with Gasteiger partial charge in [0.25, 0.3) is 0 Å². The van der Waals surface area contributed by atoms with Gasteiger partial charge in [0.05, 0.1) is 25.9 Å². The number of hydrogen-bond donors (Lipinski definition) is 1. The lowest BCUT2D eigenvalue weighted by Crippen LogP contribution is -2.47. The van der Waals surface area contributed by atoms with Gasteiger partial charge in [-0.25, -0.2) is 0 Å². The van der Waals surface area contributed by atoms with Crippen LogP contribution in [0.5, 0.6) is 0 Å². The summed E-state index contributed by atoms with van der Waals surface area (Å²) in [7, 11) is 1.87. The second-order valence-electron chi connectivity index (χ2n) is 8.01. The number of furan rings is 1. The Bertz CT molecular complexity index is 647. The van der Waals surface area contributed by atoms with Crippen molar-refractivity contribution in [2.24, 2.45) is 10.4 Å². The molecule has 0 saturated carbocycles. The predicted octanol–water partition coefficient (Wildman–Crippen LogP) is 1.65. The molecule has 2 unspecified atom stereocenters. The lowest BCUT2D eigenvalue weighted by Gasteiger charge is -2.34. The maximum absolute atomic E-state index is 5.97. The van der Waals surface area contributed by atoms with Crippen LogP contribution in [0.1, 0.15) is 30.4 Å². The molecule has 4 rings (SSSR count). The monoisotopic (exact) mass is 376 g/mol. The van der Waals surface area contributed by atoms with E-state index in [1.54, 1.807) is 0 Å². The number of hydrogen-bond acceptors (Lipinski definition) is 5. The molecule has 4 heterocycles. The molecule has 2 atom stereocenters. The minimum atomic E-state index is 0.186. The first-order chi connectivity index (χ1) is 13.2. The first-order valence-electron chi connectivity index (χ1n) is 10.1. The molecule has 3 aliphatic rings. The van der Waals surface area contributed by atoms with Gasteiger partial charge in [-0.2, -0.15) is 0 Å². The van der Waals surface area contributed by atoms with Crippen LogP contribution in [0.25, 0.3) is 0 Å². The number of nitrogens with one attached hydrogen (secondary N) is 1. The van der Waals surface area contributed by atoms with Crippen LogP contribution in [-0.2, 0) is 9.47 Å². The van der Waals surface area contributed by atoms with Crippen molar-refractivity contribution in [2.75, 3.05) is 66.2 Å². The number of morpholine rings is 1. The third kappa shape index (κ3) is 4.15. The van der Waals surface area contributed by atoms with Crippen molar-refractivity contribution >= 4 is 5.96 Å². The van der Waals surface area contributed by atoms with Gasteiger partial charge in [-0.05, 0) is 31.9 Å². The second-order valence-corrected chi connectivity index (χ2v) is 8.01. The summed E-state index contributed by atoms with van der Waals surface area (Å²) < 4.78 is 17.2. The molecular weight excluding hydrogens is 344 g/mol. The maximum Gasteiger partial charge on any atom is 0.193 e. The average molecular weight is 377 g/mol. The zero-order chi connectivity index (χ0) is 18.7. The normalized spacial score (nSPS) is 28.2. The molecule has 3 aliphatic heterocycles. The van der Waals surface area contributed by atoms with Crippen LogP contribution in [0.2, 0.25) is 0 Å². The van der Waals surface area contributed by atoms with E-state index < -0.39 is 0 Å². The number of likely N-dealkylation sites (tertiary alicyclic amines) is 1. The van der Waals surface area contributed by atoms with E-state index in [-0.39, 0.29) is 6.04 Å². The molecule has 150 valence electrons. The van der Waals surface area contributed by atoms with Gasteiger partial charge < -0.3 is 24.1 Å². The standard InChI is InChI=1S/C20H32N4O3/c1-16-3-4-18(27-16)17(23-8-11-25-12-9-23)13-22-19(21-2)24-7-5-20(14-24)6-10-26-15-20/h3-4,17H,5-15H2,1-2H3,(H,21,22). The Morgan fingerprint density at radius 3 is 2.70 bits per heavy atom. The van der Waals surface area contributed by atoms with Gasteiger partial charge in [-0.3, -0.25) is 9.89 Å². The van der Waals surface area contributed by atoms with Gasteiger partial charge in [0.1, 0.15) is 11.5 Å². The number of guanidine groups is 1. The molecule has 0 aromatic carbocycles. The van der Waals surface area contributed by atoms with Crippen molar-refractivity contribution < 1.29 is 13.9 Å². The van der Waals surface area contributed by atoms with Crippen molar-refractivity contribution in [1.29, 1.82) is 0 Å². The molecule has 1 N–H and O–H groups in total. The Balaban J connectivity index is 1.41. The van der Waals surface area contributed by atoms with E-state index in [4.69, 9.17) is 13.9 Å². The number of rotatable bonds is 4. The fourth-order valence-corrected chi connectivity index (χ4v) is 4.54. The Hall–Kier alpha value is -1.57. The average Bonchev–Trinajstić information content (AvgIpc) is 3.43. The van der Waals surface area contributed by atoms with Gasteiger partial charge in [-0.1, -0.05) is 0 Å². The summed E-state index contributed by atoms with van der Waals surface area (Å²) in [5.74, 6) is 2.95. The molecular formula is C20H32N4O3. The highest BCUT2D eigenvalue weighted by atomic mass is 16.5. The number of ether oxygens (including phenoxy) is 2. The summed E-state index contributed by atoms with van der Waals surface area (Å²) in [5.41, 5.74) is 0.333. The van der Waals surface area contributed by atoms with Gasteiger partial charge in [0.2, 0.25) is 0 Å². The fraction of sp³-hybridized carbons (Fsp3) is 0.750. The molecule has 7 heteroatoms. The molecule has 7 nitrogen and oxygen atoms in total. The van der Waals surface area contributed by atoms with E-state index in [1.165, 1.54) is 12.8 Å². The molecule has 27 heavy (non-hydrogen) atoms. The molecule has 1 aromatic heterocycles. The van der Waals surface area contributed by atoms with E-state index in [0.717, 1.165) is 76.6 Å². The van der Waals surface area contributed by atoms with Gasteiger partial charge >= 0.3 is 0 Å². The molecule has 0 radical (unpaired) electrons. The summed E-state index contributed by atoms with van der Waals surface area (Å²) in [4.78, 5) is 9.39. The Morgan fingerprint density at radius 1 is 1.19 bits per heavy atom. The Kier molecular flexibility index (Phi) is 5.71. The molecule has 0 bridgehead atoms. The Labute approximate surface area is 161 Å². The van der Waals surface area contributed by atoms with Gasteiger partial charge in [-0.15, -0.1) is 0 Å². The summed E-state index contributed by atoms with van der Waals surface area (Å²) in [6.07, 6.45) is 2.36. The smallest absolute Gasteiger partial charge is 0.193 e. The zero-order valence-electron chi connectivity index (χ0n) is 16.6. The summed E-state index contributed by atoms with van der Waals surface area (Å²) >= 11 is 0. The highest BCUT2D eigenvalue weighted by Crippen LogP contribution is 2.38. The predicted molar refractivity (Wildman–Crippen MR) is 104 cm³/mol. The maximum atomic E-state index is 5.97. The number of aliphatic imine (C=N–C) groups is 1. The first-order valence-corrected chi connectivity index (χ1v) is 10.1. The number of aryl methyl sites for hydroxylation is 1. The minimum Gasteiger partial charge on any atom is -0.465 e. The lowest BCUT2D eigenvalue weighted by atomic mass is 9.87. The van der Waals surface area contributed by atoms with Crippen molar-refractivity contribution in [3.05, 3.63) is 23.7 Å². The first kappa shape index (κ1) is 18.8. The van der Waals surface area contributed by atoms with Crippen LogP contribution in [0.15, 0.2) is 21.5 Å². The third-order valence-corrected chi connectivity index (χ3v) is 6.16. The second kappa shape index (κ2) is 8.20. The molecule has 1 aromatic rings. The molecule has 1 spiro atoms. The van der Waals surface area contributed by atoms with E-state index in [0.29, 0.717) is 5.41 Å². The van der Waals surface area contributed by atoms with Crippen molar-refractivity contribution in [3.63, 3.8) is 0 Å². The quantitative estimate of drug-likeness (QED) is 0.637. The summed E-state index contributed by atoms with van der Waals surface area (Å²) in [6, 6.07) is 4.33. The lowest BCUT2D eigenvalue weighted by molar-refractivity contribution is 0.0123. The topological polar surface area (TPSA) is 62.5 Å². The van der Waals surface area contributed by atoms with Crippen LogP contribution in [0.3, 0.4) is 0 Å². The highest BCUT2D eigenvalue weighted by molar-refractivity contribution is 5.80. The van der Waals surface area contributed by atoms with E-state index >= 15 is 0 Å². The summed E-state index contributed by atoms with van der Waals surface area (Å²) in [5, 5.41) is 3.62. The molecule has 3 fully saturated rings. The van der Waals surface area contributed by atoms with Crippen molar-refractivity contribution in [2.45, 2.75) is 25.8 Å². The van der Waals surface area contributed by atoms with Crippen molar-refractivity contribution in [1.82, 2.24) is 15.1 Å². The van der Waals surface area contributed by atoms with E-state index in [2.05, 4.69) is 26.2 Å². The SMILES string of the molecule is CN=C(NCC(c1ccc(C)o1)N1CCOCC1)N1CCC2(CCOC2)C1. The van der Waals surface area contributed by atoms with E-state index in [1.807, 2.05) is 20.0 Å². The number of nitrogens with zero attached hydrogens (tertiary/aromatic N) is 3.